The second-order valence-electron chi connectivity index (χ2n) is 4.64. The smallest absolute Gasteiger partial charge is 0.224 e. The van der Waals surface area contributed by atoms with E-state index in [0.29, 0.717) is 12.2 Å². The first kappa shape index (κ1) is 13.5. The molecule has 1 aromatic rings. The molecule has 0 saturated carbocycles. The molecule has 1 aromatic heterocycles. The van der Waals surface area contributed by atoms with Crippen molar-refractivity contribution in [2.24, 2.45) is 0 Å². The van der Waals surface area contributed by atoms with Crippen molar-refractivity contribution in [1.29, 1.82) is 0 Å². The van der Waals surface area contributed by atoms with Crippen LogP contribution < -0.4 is 0 Å². The number of carbonyl (C=O) groups is 1. The van der Waals surface area contributed by atoms with Gasteiger partial charge in [-0.3, -0.25) is 4.79 Å². The number of nitrogens with zero attached hydrogens (tertiary/aromatic N) is 3. The molecule has 100 valence electrons. The largest absolute Gasteiger partial charge is 0.333 e. The highest BCUT2D eigenvalue weighted by atomic mass is 32.1. The molecule has 0 N–H and O–H groups in total. The minimum absolute atomic E-state index is 0.154. The number of imidazole rings is 1. The predicted molar refractivity (Wildman–Crippen MR) is 74.7 cm³/mol. The van der Waals surface area contributed by atoms with Crippen molar-refractivity contribution in [3.63, 3.8) is 0 Å². The number of likely N-dealkylation sites (tertiary alicyclic amines) is 1. The lowest BCUT2D eigenvalue weighted by Crippen LogP contribution is -2.39. The first-order valence-electron chi connectivity index (χ1n) is 6.69. The van der Waals surface area contributed by atoms with Crippen molar-refractivity contribution in [3.05, 3.63) is 18.2 Å². The highest BCUT2D eigenvalue weighted by molar-refractivity contribution is 7.80. The number of aryl methyl sites for hydroxylation is 1. The van der Waals surface area contributed by atoms with E-state index in [4.69, 9.17) is 0 Å². The monoisotopic (exact) mass is 267 g/mol. The van der Waals surface area contributed by atoms with Crippen molar-refractivity contribution in [2.45, 2.75) is 45.2 Å². The second kappa shape index (κ2) is 6.27. The SMILES string of the molecule is CCn1ccnc1C1CCCCN1C(=O)CCS. The number of amides is 1. The third kappa shape index (κ3) is 2.71. The fourth-order valence-corrected chi connectivity index (χ4v) is 2.81. The molecule has 1 saturated heterocycles. The Morgan fingerprint density at radius 2 is 2.39 bits per heavy atom. The number of rotatable bonds is 4. The van der Waals surface area contributed by atoms with Crippen LogP contribution >= 0.6 is 12.6 Å². The first-order chi connectivity index (χ1) is 8.77. The van der Waals surface area contributed by atoms with Gasteiger partial charge in [-0.1, -0.05) is 0 Å². The number of carbonyl (C=O) groups excluding carboxylic acids is 1. The van der Waals surface area contributed by atoms with Crippen molar-refractivity contribution in [2.75, 3.05) is 12.3 Å². The van der Waals surface area contributed by atoms with Crippen LogP contribution in [0.1, 0.15) is 44.5 Å². The van der Waals surface area contributed by atoms with Gasteiger partial charge in [-0.2, -0.15) is 12.6 Å². The molecule has 0 aliphatic carbocycles. The molecule has 0 spiro atoms. The number of hydrogen-bond donors (Lipinski definition) is 1. The maximum absolute atomic E-state index is 12.1. The summed E-state index contributed by atoms with van der Waals surface area (Å²) < 4.78 is 2.14. The van der Waals surface area contributed by atoms with Gasteiger partial charge in [-0.05, 0) is 31.9 Å². The minimum Gasteiger partial charge on any atom is -0.333 e. The van der Waals surface area contributed by atoms with Gasteiger partial charge in [0, 0.05) is 31.9 Å². The number of aromatic nitrogens is 2. The van der Waals surface area contributed by atoms with Crippen molar-refractivity contribution in [1.82, 2.24) is 14.5 Å². The summed E-state index contributed by atoms with van der Waals surface area (Å²) in [6.45, 7) is 3.86. The predicted octanol–water partition coefficient (Wildman–Crippen LogP) is 2.28. The van der Waals surface area contributed by atoms with E-state index >= 15 is 0 Å². The van der Waals surface area contributed by atoms with Crippen molar-refractivity contribution < 1.29 is 4.79 Å². The summed E-state index contributed by atoms with van der Waals surface area (Å²) in [5.41, 5.74) is 0. The molecular weight excluding hydrogens is 246 g/mol. The maximum atomic E-state index is 12.1. The molecule has 0 bridgehead atoms. The molecular formula is C13H21N3OS. The zero-order valence-electron chi connectivity index (χ0n) is 10.9. The minimum atomic E-state index is 0.154. The molecule has 5 heteroatoms. The lowest BCUT2D eigenvalue weighted by molar-refractivity contribution is -0.134. The fraction of sp³-hybridized carbons (Fsp3) is 0.692. The van der Waals surface area contributed by atoms with Crippen LogP contribution in [0.5, 0.6) is 0 Å². The van der Waals surface area contributed by atoms with Gasteiger partial charge in [0.2, 0.25) is 5.91 Å². The van der Waals surface area contributed by atoms with Crippen LogP contribution in [-0.4, -0.2) is 32.7 Å². The highest BCUT2D eigenvalue weighted by Gasteiger charge is 2.29. The van der Waals surface area contributed by atoms with Crippen molar-refractivity contribution >= 4 is 18.5 Å². The van der Waals surface area contributed by atoms with E-state index < -0.39 is 0 Å². The molecule has 2 rings (SSSR count). The molecule has 1 aliphatic heterocycles. The van der Waals surface area contributed by atoms with Gasteiger partial charge in [0.1, 0.15) is 5.82 Å². The van der Waals surface area contributed by atoms with E-state index in [1.54, 1.807) is 0 Å². The number of thiol groups is 1. The Bertz CT molecular complexity index is 405. The van der Waals surface area contributed by atoms with Crippen LogP contribution in [0.25, 0.3) is 0 Å². The third-order valence-corrected chi connectivity index (χ3v) is 3.76. The maximum Gasteiger partial charge on any atom is 0.224 e. The summed E-state index contributed by atoms with van der Waals surface area (Å²) in [6, 6.07) is 0.154. The lowest BCUT2D eigenvalue weighted by Gasteiger charge is -2.35. The van der Waals surface area contributed by atoms with Gasteiger partial charge in [-0.25, -0.2) is 4.98 Å². The Kier molecular flexibility index (Phi) is 4.69. The zero-order chi connectivity index (χ0) is 13.0. The number of hydrogen-bond acceptors (Lipinski definition) is 3. The molecule has 1 unspecified atom stereocenters. The Balaban J connectivity index is 2.20. The van der Waals surface area contributed by atoms with Crippen molar-refractivity contribution in [3.8, 4) is 0 Å². The molecule has 0 aromatic carbocycles. The van der Waals surface area contributed by atoms with Crippen LogP contribution in [0.3, 0.4) is 0 Å². The number of piperidine rings is 1. The molecule has 1 amide bonds. The van der Waals surface area contributed by atoms with E-state index in [1.807, 2.05) is 17.3 Å². The summed E-state index contributed by atoms with van der Waals surface area (Å²) in [6.07, 6.45) is 7.63. The van der Waals surface area contributed by atoms with Crippen LogP contribution in [0.2, 0.25) is 0 Å². The van der Waals surface area contributed by atoms with Crippen LogP contribution in [0.15, 0.2) is 12.4 Å². The standard InChI is InChI=1S/C13H21N3OS/c1-2-15-9-7-14-13(15)11-5-3-4-8-16(11)12(17)6-10-18/h7,9,11,18H,2-6,8,10H2,1H3. The second-order valence-corrected chi connectivity index (χ2v) is 5.09. The van der Waals surface area contributed by atoms with E-state index in [9.17, 15) is 4.79 Å². The molecule has 0 radical (unpaired) electrons. The van der Waals surface area contributed by atoms with E-state index in [1.165, 1.54) is 6.42 Å². The fourth-order valence-electron chi connectivity index (χ4n) is 2.62. The summed E-state index contributed by atoms with van der Waals surface area (Å²) in [5.74, 6) is 1.86. The lowest BCUT2D eigenvalue weighted by atomic mass is 10.0. The molecule has 1 aliphatic rings. The highest BCUT2D eigenvalue weighted by Crippen LogP contribution is 2.30. The first-order valence-corrected chi connectivity index (χ1v) is 7.32. The van der Waals surface area contributed by atoms with Crippen LogP contribution in [0, 0.1) is 0 Å². The molecule has 1 fully saturated rings. The molecule has 2 heterocycles. The van der Waals surface area contributed by atoms with E-state index in [0.717, 1.165) is 31.8 Å². The topological polar surface area (TPSA) is 38.1 Å². The third-order valence-electron chi connectivity index (χ3n) is 3.54. The van der Waals surface area contributed by atoms with Gasteiger partial charge >= 0.3 is 0 Å². The Morgan fingerprint density at radius 1 is 1.56 bits per heavy atom. The normalized spacial score (nSPS) is 20.1. The summed E-state index contributed by atoms with van der Waals surface area (Å²) in [4.78, 5) is 18.6. The van der Waals surface area contributed by atoms with Gasteiger partial charge in [-0.15, -0.1) is 0 Å². The Hall–Kier alpha value is -0.970. The summed E-state index contributed by atoms with van der Waals surface area (Å²) in [7, 11) is 0. The Morgan fingerprint density at radius 3 is 3.11 bits per heavy atom. The van der Waals surface area contributed by atoms with E-state index in [2.05, 4.69) is 29.1 Å². The average molecular weight is 267 g/mol. The summed E-state index contributed by atoms with van der Waals surface area (Å²) >= 11 is 4.15. The summed E-state index contributed by atoms with van der Waals surface area (Å²) in [5, 5.41) is 0. The van der Waals surface area contributed by atoms with Crippen LogP contribution in [-0.2, 0) is 11.3 Å². The van der Waals surface area contributed by atoms with Gasteiger partial charge < -0.3 is 9.47 Å². The van der Waals surface area contributed by atoms with Gasteiger partial charge in [0.05, 0.1) is 6.04 Å². The Labute approximate surface area is 114 Å². The quantitative estimate of drug-likeness (QED) is 0.850. The average Bonchev–Trinajstić information content (AvgIpc) is 2.87. The zero-order valence-corrected chi connectivity index (χ0v) is 11.8. The van der Waals surface area contributed by atoms with E-state index in [-0.39, 0.29) is 11.9 Å². The van der Waals surface area contributed by atoms with Gasteiger partial charge in [0.15, 0.2) is 0 Å². The molecule has 18 heavy (non-hydrogen) atoms. The molecule has 1 atom stereocenters. The van der Waals surface area contributed by atoms with Crippen LogP contribution in [0.4, 0.5) is 0 Å². The van der Waals surface area contributed by atoms with Gasteiger partial charge in [0.25, 0.3) is 0 Å². The molecule has 4 nitrogen and oxygen atoms in total.